The number of hydrogen-bond donors (Lipinski definition) is 1. The normalized spacial score (nSPS) is 11.1. The molecular weight excluding hydrogens is 254 g/mol. The topological polar surface area (TPSA) is 76.7 Å². The van der Waals surface area contributed by atoms with Gasteiger partial charge in [-0.05, 0) is 26.3 Å². The minimum Gasteiger partial charge on any atom is -0.354 e. The molecule has 108 valence electrons. The van der Waals surface area contributed by atoms with Crippen LogP contribution in [0.5, 0.6) is 0 Å². The van der Waals surface area contributed by atoms with Crippen molar-refractivity contribution in [1.82, 2.24) is 20.1 Å². The average molecular weight is 275 g/mol. The Hall–Kier alpha value is -1.98. The molecule has 0 aliphatic carbocycles. The quantitative estimate of drug-likeness (QED) is 0.817. The molecule has 0 fully saturated rings. The Morgan fingerprint density at radius 1 is 1.15 bits per heavy atom. The number of nitrogens with zero attached hydrogens (tertiary/aromatic N) is 4. The van der Waals surface area contributed by atoms with Crippen molar-refractivity contribution in [1.29, 1.82) is 0 Å². The Morgan fingerprint density at radius 3 is 2.45 bits per heavy atom. The van der Waals surface area contributed by atoms with Crippen molar-refractivity contribution in [3.05, 3.63) is 29.2 Å². The van der Waals surface area contributed by atoms with Crippen molar-refractivity contribution in [3.63, 3.8) is 0 Å². The van der Waals surface area contributed by atoms with Gasteiger partial charge in [0.2, 0.25) is 11.8 Å². The Balaban J connectivity index is 1.78. The lowest BCUT2D eigenvalue weighted by Crippen LogP contribution is -2.07. The predicted molar refractivity (Wildman–Crippen MR) is 76.7 cm³/mol. The molecule has 1 N–H and O–H groups in total. The van der Waals surface area contributed by atoms with Crippen molar-refractivity contribution in [2.24, 2.45) is 0 Å². The van der Waals surface area contributed by atoms with Gasteiger partial charge in [0, 0.05) is 30.3 Å². The van der Waals surface area contributed by atoms with Crippen molar-refractivity contribution in [2.45, 2.75) is 46.5 Å². The van der Waals surface area contributed by atoms with Gasteiger partial charge in [0.25, 0.3) is 0 Å². The fourth-order valence-electron chi connectivity index (χ4n) is 1.85. The van der Waals surface area contributed by atoms with Crippen LogP contribution in [0.25, 0.3) is 0 Å². The molecule has 2 heterocycles. The van der Waals surface area contributed by atoms with Gasteiger partial charge >= 0.3 is 0 Å². The Kier molecular flexibility index (Phi) is 4.65. The van der Waals surface area contributed by atoms with Gasteiger partial charge in [-0.25, -0.2) is 9.97 Å². The largest absolute Gasteiger partial charge is 0.354 e. The number of nitrogens with one attached hydrogen (secondary N) is 1. The van der Waals surface area contributed by atoms with Crippen LogP contribution in [0.2, 0.25) is 0 Å². The molecule has 0 bridgehead atoms. The fraction of sp³-hybridized carbons (Fsp3) is 0.571. The lowest BCUT2D eigenvalue weighted by atomic mass is 10.2. The van der Waals surface area contributed by atoms with E-state index < -0.39 is 0 Å². The minimum atomic E-state index is 0.300. The first-order valence-electron chi connectivity index (χ1n) is 6.93. The minimum absolute atomic E-state index is 0.300. The number of hydrogen-bond acceptors (Lipinski definition) is 6. The van der Waals surface area contributed by atoms with Crippen LogP contribution in [0, 0.1) is 13.8 Å². The third-order valence-electron chi connectivity index (χ3n) is 2.83. The highest BCUT2D eigenvalue weighted by Crippen LogP contribution is 2.10. The van der Waals surface area contributed by atoms with Crippen LogP contribution in [0.4, 0.5) is 5.95 Å². The molecule has 0 atom stereocenters. The van der Waals surface area contributed by atoms with Crippen molar-refractivity contribution >= 4 is 5.95 Å². The molecule has 0 saturated carbocycles. The number of anilines is 1. The standard InChI is InChI=1S/C14H21N5O/c1-9(2)13-18-12(20-19-13)6-5-7-15-14-16-10(3)8-11(4)17-14/h8-9H,5-7H2,1-4H3,(H,15,16,17). The molecule has 0 radical (unpaired) electrons. The van der Waals surface area contributed by atoms with Gasteiger partial charge in [-0.2, -0.15) is 4.98 Å². The van der Waals surface area contributed by atoms with E-state index in [4.69, 9.17) is 4.52 Å². The maximum atomic E-state index is 5.20. The van der Waals surface area contributed by atoms with E-state index in [2.05, 4.69) is 25.4 Å². The summed E-state index contributed by atoms with van der Waals surface area (Å²) in [7, 11) is 0. The van der Waals surface area contributed by atoms with Crippen molar-refractivity contribution < 1.29 is 4.52 Å². The Labute approximate surface area is 119 Å². The first-order valence-corrected chi connectivity index (χ1v) is 6.93. The third kappa shape index (κ3) is 4.01. The molecular formula is C14H21N5O. The van der Waals surface area contributed by atoms with E-state index in [0.717, 1.165) is 36.6 Å². The van der Waals surface area contributed by atoms with E-state index in [1.54, 1.807) is 0 Å². The van der Waals surface area contributed by atoms with E-state index in [-0.39, 0.29) is 0 Å². The molecule has 0 aliphatic rings. The summed E-state index contributed by atoms with van der Waals surface area (Å²) < 4.78 is 5.20. The summed E-state index contributed by atoms with van der Waals surface area (Å²) in [6, 6.07) is 1.96. The Morgan fingerprint density at radius 2 is 1.85 bits per heavy atom. The van der Waals surface area contributed by atoms with Crippen LogP contribution in [0.3, 0.4) is 0 Å². The second-order valence-electron chi connectivity index (χ2n) is 5.21. The summed E-state index contributed by atoms with van der Waals surface area (Å²) in [5, 5.41) is 7.16. The van der Waals surface area contributed by atoms with Gasteiger partial charge in [-0.3, -0.25) is 0 Å². The first kappa shape index (κ1) is 14.4. The monoisotopic (exact) mass is 275 g/mol. The second kappa shape index (κ2) is 6.45. The molecule has 0 amide bonds. The molecule has 2 rings (SSSR count). The van der Waals surface area contributed by atoms with E-state index in [1.807, 2.05) is 33.8 Å². The summed E-state index contributed by atoms with van der Waals surface area (Å²) in [4.78, 5) is 13.0. The lowest BCUT2D eigenvalue weighted by molar-refractivity contribution is 0.369. The summed E-state index contributed by atoms with van der Waals surface area (Å²) in [5.41, 5.74) is 1.94. The maximum absolute atomic E-state index is 5.20. The zero-order valence-electron chi connectivity index (χ0n) is 12.5. The smallest absolute Gasteiger partial charge is 0.226 e. The van der Waals surface area contributed by atoms with Crippen LogP contribution in [-0.4, -0.2) is 26.7 Å². The Bertz CT molecular complexity index is 544. The molecule has 0 saturated heterocycles. The third-order valence-corrected chi connectivity index (χ3v) is 2.83. The van der Waals surface area contributed by atoms with E-state index in [9.17, 15) is 0 Å². The predicted octanol–water partition coefficient (Wildman–Crippen LogP) is 2.64. The van der Waals surface area contributed by atoms with Gasteiger partial charge < -0.3 is 9.84 Å². The van der Waals surface area contributed by atoms with Crippen LogP contribution in [-0.2, 0) is 6.42 Å². The first-order chi connectivity index (χ1) is 9.54. The van der Waals surface area contributed by atoms with Gasteiger partial charge in [-0.15, -0.1) is 0 Å². The molecule has 0 aliphatic heterocycles. The highest BCUT2D eigenvalue weighted by Gasteiger charge is 2.09. The van der Waals surface area contributed by atoms with Crippen molar-refractivity contribution in [3.8, 4) is 0 Å². The average Bonchev–Trinajstić information content (AvgIpc) is 2.82. The number of aryl methyl sites for hydroxylation is 3. The zero-order chi connectivity index (χ0) is 14.5. The van der Waals surface area contributed by atoms with Crippen LogP contribution >= 0.6 is 0 Å². The van der Waals surface area contributed by atoms with Crippen LogP contribution in [0.1, 0.15) is 49.3 Å². The molecule has 6 heteroatoms. The second-order valence-corrected chi connectivity index (χ2v) is 5.21. The molecule has 2 aromatic heterocycles. The van der Waals surface area contributed by atoms with Gasteiger partial charge in [0.05, 0.1) is 0 Å². The molecule has 2 aromatic rings. The van der Waals surface area contributed by atoms with Gasteiger partial charge in [0.1, 0.15) is 0 Å². The highest BCUT2D eigenvalue weighted by molar-refractivity contribution is 5.27. The summed E-state index contributed by atoms with van der Waals surface area (Å²) in [5.74, 6) is 2.44. The van der Waals surface area contributed by atoms with Gasteiger partial charge in [0.15, 0.2) is 5.82 Å². The summed E-state index contributed by atoms with van der Waals surface area (Å²) >= 11 is 0. The van der Waals surface area contributed by atoms with E-state index in [1.165, 1.54) is 0 Å². The fourth-order valence-corrected chi connectivity index (χ4v) is 1.85. The molecule has 6 nitrogen and oxygen atoms in total. The van der Waals surface area contributed by atoms with Crippen LogP contribution in [0.15, 0.2) is 10.6 Å². The van der Waals surface area contributed by atoms with Gasteiger partial charge in [-0.1, -0.05) is 19.0 Å². The van der Waals surface area contributed by atoms with E-state index in [0.29, 0.717) is 17.8 Å². The summed E-state index contributed by atoms with van der Waals surface area (Å²) in [6.07, 6.45) is 1.66. The summed E-state index contributed by atoms with van der Waals surface area (Å²) in [6.45, 7) is 8.81. The SMILES string of the molecule is Cc1cc(C)nc(NCCCc2nc(C(C)C)no2)n1. The lowest BCUT2D eigenvalue weighted by Gasteiger charge is -2.05. The number of rotatable bonds is 6. The van der Waals surface area contributed by atoms with Crippen LogP contribution < -0.4 is 5.32 Å². The molecule has 20 heavy (non-hydrogen) atoms. The van der Waals surface area contributed by atoms with E-state index >= 15 is 0 Å². The molecule has 0 spiro atoms. The zero-order valence-corrected chi connectivity index (χ0v) is 12.5. The highest BCUT2D eigenvalue weighted by atomic mass is 16.5. The molecule has 0 unspecified atom stereocenters. The maximum Gasteiger partial charge on any atom is 0.226 e. The van der Waals surface area contributed by atoms with Crippen molar-refractivity contribution in [2.75, 3.05) is 11.9 Å². The molecule has 0 aromatic carbocycles. The number of aromatic nitrogens is 4.